The largest absolute Gasteiger partial charge is 0.0776 e. The molecule has 0 heterocycles. The van der Waals surface area contributed by atoms with Crippen LogP contribution in [0.25, 0.3) is 0 Å². The van der Waals surface area contributed by atoms with Gasteiger partial charge in [-0.1, -0.05) is 114 Å². The molecule has 1 aromatic carbocycles. The Bertz CT molecular complexity index is 141. The molecule has 0 aromatic heterocycles. The van der Waals surface area contributed by atoms with Crippen LogP contribution in [0.4, 0.5) is 0 Å². The van der Waals surface area contributed by atoms with Gasteiger partial charge >= 0.3 is 0 Å². The molecule has 1 rings (SSSR count). The number of aryl methyl sites for hydroxylation is 1. The topological polar surface area (TPSA) is 0 Å². The molecule has 0 aliphatic rings. The van der Waals surface area contributed by atoms with Gasteiger partial charge in [-0.25, -0.2) is 0 Å². The fraction of sp³-hybridized carbons (Fsp3) is 0.667. The maximum atomic E-state index is 2.12. The number of hydrogen-bond acceptors (Lipinski definition) is 0. The van der Waals surface area contributed by atoms with Crippen LogP contribution in [0.15, 0.2) is 30.3 Å². The summed E-state index contributed by atoms with van der Waals surface area (Å²) >= 11 is 0. The Balaban J connectivity index is -0.0000000197. The molecular weight excluding hydrogens is 216 g/mol. The number of hydrogen-bond donors (Lipinski definition) is 0. The van der Waals surface area contributed by atoms with Gasteiger partial charge < -0.3 is 0 Å². The first-order valence-corrected chi connectivity index (χ1v) is 5.82. The maximum Gasteiger partial charge on any atom is -0.0398 e. The first-order valence-electron chi connectivity index (χ1n) is 5.82. The van der Waals surface area contributed by atoms with E-state index in [1.807, 2.05) is 45.9 Å². The fourth-order valence-corrected chi connectivity index (χ4v) is 0.534. The summed E-state index contributed by atoms with van der Waals surface area (Å²) in [6, 6.07) is 10.3. The molecule has 0 saturated carbocycles. The lowest BCUT2D eigenvalue weighted by molar-refractivity contribution is 1.09. The zero-order valence-corrected chi connectivity index (χ0v) is 11.1. The summed E-state index contributed by atoms with van der Waals surface area (Å²) < 4.78 is 0. The Morgan fingerprint density at radius 2 is 0.889 bits per heavy atom. The van der Waals surface area contributed by atoms with Crippen molar-refractivity contribution in [1.29, 1.82) is 0 Å². The van der Waals surface area contributed by atoms with Crippen LogP contribution in [-0.4, -0.2) is 0 Å². The highest BCUT2D eigenvalue weighted by atomic mass is 13.8. The monoisotopic (exact) mass is 260 g/mol. The van der Waals surface area contributed by atoms with Crippen molar-refractivity contribution in [3.63, 3.8) is 0 Å². The number of benzene rings is 1. The van der Waals surface area contributed by atoms with E-state index in [1.165, 1.54) is 12.0 Å². The smallest absolute Gasteiger partial charge is 0.0398 e. The molecule has 1 aromatic rings. The quantitative estimate of drug-likeness (QED) is 0.443. The molecule has 0 aliphatic carbocycles. The zero-order chi connectivity index (χ0) is 11.8. The molecule has 0 N–H and O–H groups in total. The Hall–Kier alpha value is -0.780. The molecule has 116 valence electrons. The third-order valence-electron chi connectivity index (χ3n) is 0.940. The summed E-state index contributed by atoms with van der Waals surface area (Å²) in [7, 11) is 0. The highest BCUT2D eigenvalue weighted by Gasteiger charge is 1.72. The van der Waals surface area contributed by atoms with E-state index in [0.29, 0.717) is 0 Å². The van der Waals surface area contributed by atoms with Crippen LogP contribution >= 0.6 is 0 Å². The van der Waals surface area contributed by atoms with Crippen molar-refractivity contribution in [3.05, 3.63) is 35.9 Å². The zero-order valence-electron chi connectivity index (χ0n) is 11.1. The standard InChI is InChI=1S/C7H8.C3H8.2C2H6.4CH4/c1-7-5-3-2-4-6-7;1-3-2;2*1-2;;;;/h2-6H,1H3;3H2,1-2H3;2*1-2H3;4*1H4. The Kier molecular flexibility index (Phi) is 134. The van der Waals surface area contributed by atoms with E-state index in [-0.39, 0.29) is 29.7 Å². The lowest BCUT2D eigenvalue weighted by Crippen LogP contribution is -1.62. The van der Waals surface area contributed by atoms with Gasteiger partial charge in [0.1, 0.15) is 0 Å². The van der Waals surface area contributed by atoms with Crippen molar-refractivity contribution >= 4 is 0 Å². The minimum Gasteiger partial charge on any atom is -0.0776 e. The minimum atomic E-state index is 0. The molecule has 0 unspecified atom stereocenters. The molecule has 0 bridgehead atoms. The lowest BCUT2D eigenvalue weighted by atomic mass is 10.2. The summed E-state index contributed by atoms with van der Waals surface area (Å²) in [4.78, 5) is 0. The van der Waals surface area contributed by atoms with Gasteiger partial charge in [0.05, 0.1) is 0 Å². The van der Waals surface area contributed by atoms with E-state index in [1.54, 1.807) is 0 Å². The second kappa shape index (κ2) is 55.6. The summed E-state index contributed by atoms with van der Waals surface area (Å²) in [5.74, 6) is 0. The molecule has 0 saturated heterocycles. The van der Waals surface area contributed by atoms with Crippen molar-refractivity contribution in [3.8, 4) is 0 Å². The molecule has 0 heteroatoms. The third-order valence-corrected chi connectivity index (χ3v) is 0.940. The summed E-state index contributed by atoms with van der Waals surface area (Å²) in [6.45, 7) is 14.3. The molecule has 0 radical (unpaired) electrons. The van der Waals surface area contributed by atoms with Crippen molar-refractivity contribution < 1.29 is 0 Å². The molecule has 0 spiro atoms. The highest BCUT2D eigenvalue weighted by Crippen LogP contribution is 1.92. The third kappa shape index (κ3) is 59.0. The summed E-state index contributed by atoms with van der Waals surface area (Å²) in [6.07, 6.45) is 1.25. The van der Waals surface area contributed by atoms with Gasteiger partial charge in [0, 0.05) is 0 Å². The van der Waals surface area contributed by atoms with Gasteiger partial charge in [0.15, 0.2) is 0 Å². The van der Waals surface area contributed by atoms with Crippen molar-refractivity contribution in [2.45, 2.75) is 84.6 Å². The van der Waals surface area contributed by atoms with Gasteiger partial charge in [0.25, 0.3) is 0 Å². The average molecular weight is 261 g/mol. The Labute approximate surface area is 121 Å². The van der Waals surface area contributed by atoms with Crippen molar-refractivity contribution in [2.75, 3.05) is 0 Å². The first kappa shape index (κ1) is 43.4. The predicted octanol–water partition coefficient (Wildman–Crippen LogP) is 8.01. The van der Waals surface area contributed by atoms with Crippen LogP contribution in [-0.2, 0) is 0 Å². The predicted molar refractivity (Wildman–Crippen MR) is 96.8 cm³/mol. The van der Waals surface area contributed by atoms with E-state index >= 15 is 0 Å². The Morgan fingerprint density at radius 3 is 1.00 bits per heavy atom. The van der Waals surface area contributed by atoms with E-state index in [0.717, 1.165) is 0 Å². The maximum absolute atomic E-state index is 2.12. The fourth-order valence-electron chi connectivity index (χ4n) is 0.534. The molecule has 0 fully saturated rings. The van der Waals surface area contributed by atoms with E-state index in [2.05, 4.69) is 32.9 Å². The van der Waals surface area contributed by atoms with E-state index in [4.69, 9.17) is 0 Å². The normalized spacial score (nSPS) is 5.06. The lowest BCUT2D eigenvalue weighted by Gasteiger charge is -1.82. The number of rotatable bonds is 0. The summed E-state index contributed by atoms with van der Waals surface area (Å²) in [5, 5.41) is 0. The van der Waals surface area contributed by atoms with Gasteiger partial charge in [-0.05, 0) is 6.92 Å². The molecule has 0 nitrogen and oxygen atoms in total. The molecular formula is C18H44. The van der Waals surface area contributed by atoms with Gasteiger partial charge in [0.2, 0.25) is 0 Å². The van der Waals surface area contributed by atoms with Crippen LogP contribution < -0.4 is 0 Å². The Morgan fingerprint density at radius 1 is 0.667 bits per heavy atom. The van der Waals surface area contributed by atoms with Crippen molar-refractivity contribution in [2.24, 2.45) is 0 Å². The second-order valence-electron chi connectivity index (χ2n) is 2.36. The van der Waals surface area contributed by atoms with Crippen LogP contribution in [0.3, 0.4) is 0 Å². The molecule has 0 amide bonds. The minimum absolute atomic E-state index is 0. The van der Waals surface area contributed by atoms with E-state index in [9.17, 15) is 0 Å². The van der Waals surface area contributed by atoms with Crippen LogP contribution in [0.5, 0.6) is 0 Å². The van der Waals surface area contributed by atoms with E-state index < -0.39 is 0 Å². The molecule has 0 atom stereocenters. The van der Waals surface area contributed by atoms with Gasteiger partial charge in [-0.3, -0.25) is 0 Å². The molecule has 18 heavy (non-hydrogen) atoms. The van der Waals surface area contributed by atoms with Crippen LogP contribution in [0.1, 0.15) is 83.2 Å². The highest BCUT2D eigenvalue weighted by molar-refractivity contribution is 5.11. The van der Waals surface area contributed by atoms with Gasteiger partial charge in [-0.15, -0.1) is 0 Å². The van der Waals surface area contributed by atoms with Crippen LogP contribution in [0, 0.1) is 6.92 Å². The average Bonchev–Trinajstić information content (AvgIpc) is 2.26. The first-order chi connectivity index (χ1) is 6.81. The molecule has 0 aliphatic heterocycles. The van der Waals surface area contributed by atoms with Crippen LogP contribution in [0.2, 0.25) is 0 Å². The SMILES string of the molecule is C.C.C.C.CC.CC.CCC.Cc1ccccc1. The van der Waals surface area contributed by atoms with Crippen molar-refractivity contribution in [1.82, 2.24) is 0 Å². The van der Waals surface area contributed by atoms with Gasteiger partial charge in [-0.2, -0.15) is 0 Å². The summed E-state index contributed by atoms with van der Waals surface area (Å²) in [5.41, 5.74) is 1.32. The second-order valence-corrected chi connectivity index (χ2v) is 2.36.